The SMILES string of the molecule is CC(CC(C)(O)CN)N1CCCCCC1. The second-order valence-corrected chi connectivity index (χ2v) is 5.20. The highest BCUT2D eigenvalue weighted by Crippen LogP contribution is 2.18. The van der Waals surface area contributed by atoms with Gasteiger partial charge in [-0.2, -0.15) is 0 Å². The van der Waals surface area contributed by atoms with Crippen LogP contribution in [0.25, 0.3) is 0 Å². The zero-order chi connectivity index (χ0) is 11.3. The molecule has 3 nitrogen and oxygen atoms in total. The van der Waals surface area contributed by atoms with Crippen LogP contribution in [0.3, 0.4) is 0 Å². The van der Waals surface area contributed by atoms with E-state index in [1.807, 2.05) is 6.92 Å². The van der Waals surface area contributed by atoms with Gasteiger partial charge < -0.3 is 15.7 Å². The van der Waals surface area contributed by atoms with E-state index in [0.29, 0.717) is 12.6 Å². The standard InChI is InChI=1S/C12H26N2O/c1-11(9-12(2,15)10-13)14-7-5-3-4-6-8-14/h11,15H,3-10,13H2,1-2H3. The predicted octanol–water partition coefficient (Wildman–Crippen LogP) is 1.35. The minimum absolute atomic E-state index is 0.352. The number of hydrogen-bond donors (Lipinski definition) is 2. The molecule has 1 aliphatic rings. The molecule has 15 heavy (non-hydrogen) atoms. The van der Waals surface area contributed by atoms with Crippen LogP contribution in [0.5, 0.6) is 0 Å². The summed E-state index contributed by atoms with van der Waals surface area (Å²) in [6.07, 6.45) is 6.10. The summed E-state index contributed by atoms with van der Waals surface area (Å²) >= 11 is 0. The Morgan fingerprint density at radius 3 is 2.27 bits per heavy atom. The molecule has 0 aromatic rings. The van der Waals surface area contributed by atoms with Gasteiger partial charge >= 0.3 is 0 Å². The van der Waals surface area contributed by atoms with Gasteiger partial charge in [0.1, 0.15) is 0 Å². The molecule has 0 saturated carbocycles. The van der Waals surface area contributed by atoms with Crippen molar-refractivity contribution in [3.05, 3.63) is 0 Å². The molecule has 90 valence electrons. The Labute approximate surface area is 93.6 Å². The van der Waals surface area contributed by atoms with Gasteiger partial charge in [0, 0.05) is 12.6 Å². The molecule has 0 amide bonds. The fourth-order valence-corrected chi connectivity index (χ4v) is 2.38. The molecular formula is C12H26N2O. The molecule has 0 aromatic carbocycles. The van der Waals surface area contributed by atoms with Crippen LogP contribution in [0.2, 0.25) is 0 Å². The maximum atomic E-state index is 9.94. The monoisotopic (exact) mass is 214 g/mol. The summed E-state index contributed by atoms with van der Waals surface area (Å²) in [7, 11) is 0. The summed E-state index contributed by atoms with van der Waals surface area (Å²) in [6.45, 7) is 6.76. The van der Waals surface area contributed by atoms with Crippen molar-refractivity contribution in [1.29, 1.82) is 0 Å². The van der Waals surface area contributed by atoms with E-state index in [0.717, 1.165) is 6.42 Å². The van der Waals surface area contributed by atoms with Crippen LogP contribution < -0.4 is 5.73 Å². The van der Waals surface area contributed by atoms with Crippen molar-refractivity contribution in [2.75, 3.05) is 19.6 Å². The quantitative estimate of drug-likeness (QED) is 0.743. The van der Waals surface area contributed by atoms with E-state index >= 15 is 0 Å². The Hall–Kier alpha value is -0.120. The smallest absolute Gasteiger partial charge is 0.0756 e. The van der Waals surface area contributed by atoms with Gasteiger partial charge in [0.15, 0.2) is 0 Å². The lowest BCUT2D eigenvalue weighted by Crippen LogP contribution is -2.43. The van der Waals surface area contributed by atoms with Crippen LogP contribution in [-0.2, 0) is 0 Å². The van der Waals surface area contributed by atoms with Crippen LogP contribution in [0.15, 0.2) is 0 Å². The summed E-state index contributed by atoms with van der Waals surface area (Å²) in [5, 5.41) is 9.94. The largest absolute Gasteiger partial charge is 0.389 e. The molecule has 1 fully saturated rings. The topological polar surface area (TPSA) is 49.5 Å². The number of likely N-dealkylation sites (tertiary alicyclic amines) is 1. The number of hydrogen-bond acceptors (Lipinski definition) is 3. The summed E-state index contributed by atoms with van der Waals surface area (Å²) in [5.74, 6) is 0. The zero-order valence-electron chi connectivity index (χ0n) is 10.2. The van der Waals surface area contributed by atoms with Gasteiger partial charge in [-0.3, -0.25) is 0 Å². The van der Waals surface area contributed by atoms with E-state index in [1.165, 1.54) is 38.8 Å². The first-order valence-corrected chi connectivity index (χ1v) is 6.22. The van der Waals surface area contributed by atoms with Gasteiger partial charge in [-0.15, -0.1) is 0 Å². The molecule has 1 saturated heterocycles. The Kier molecular flexibility index (Phi) is 5.03. The normalized spacial score (nSPS) is 25.6. The van der Waals surface area contributed by atoms with E-state index in [2.05, 4.69) is 11.8 Å². The summed E-state index contributed by atoms with van der Waals surface area (Å²) in [6, 6.07) is 0.446. The first-order valence-electron chi connectivity index (χ1n) is 6.22. The molecule has 0 spiro atoms. The summed E-state index contributed by atoms with van der Waals surface area (Å²) < 4.78 is 0. The van der Waals surface area contributed by atoms with Gasteiger partial charge in [0.25, 0.3) is 0 Å². The Bertz CT molecular complexity index is 174. The average molecular weight is 214 g/mol. The first kappa shape index (κ1) is 12.9. The third-order valence-corrected chi connectivity index (χ3v) is 3.44. The lowest BCUT2D eigenvalue weighted by molar-refractivity contribution is 0.0293. The highest BCUT2D eigenvalue weighted by molar-refractivity contribution is 4.81. The number of nitrogens with two attached hydrogens (primary N) is 1. The summed E-state index contributed by atoms with van der Waals surface area (Å²) in [4.78, 5) is 2.50. The lowest BCUT2D eigenvalue weighted by atomic mass is 9.97. The molecule has 0 aromatic heterocycles. The molecule has 1 aliphatic heterocycles. The van der Waals surface area contributed by atoms with E-state index in [9.17, 15) is 5.11 Å². The van der Waals surface area contributed by atoms with E-state index < -0.39 is 5.60 Å². The second-order valence-electron chi connectivity index (χ2n) is 5.20. The fourth-order valence-electron chi connectivity index (χ4n) is 2.38. The third-order valence-electron chi connectivity index (χ3n) is 3.44. The molecule has 0 aliphatic carbocycles. The van der Waals surface area contributed by atoms with Crippen molar-refractivity contribution in [2.45, 2.75) is 57.6 Å². The Morgan fingerprint density at radius 1 is 1.27 bits per heavy atom. The van der Waals surface area contributed by atoms with Gasteiger partial charge in [-0.25, -0.2) is 0 Å². The van der Waals surface area contributed by atoms with Crippen molar-refractivity contribution in [3.8, 4) is 0 Å². The average Bonchev–Trinajstić information content (AvgIpc) is 2.45. The number of nitrogens with zero attached hydrogens (tertiary/aromatic N) is 1. The molecular weight excluding hydrogens is 188 g/mol. The molecule has 1 rings (SSSR count). The highest BCUT2D eigenvalue weighted by Gasteiger charge is 2.25. The van der Waals surface area contributed by atoms with Crippen molar-refractivity contribution in [1.82, 2.24) is 4.90 Å². The van der Waals surface area contributed by atoms with Crippen molar-refractivity contribution < 1.29 is 5.11 Å². The van der Waals surface area contributed by atoms with Crippen LogP contribution in [0.4, 0.5) is 0 Å². The van der Waals surface area contributed by atoms with Crippen LogP contribution >= 0.6 is 0 Å². The van der Waals surface area contributed by atoms with Crippen molar-refractivity contribution in [2.24, 2.45) is 5.73 Å². The predicted molar refractivity (Wildman–Crippen MR) is 63.8 cm³/mol. The number of aliphatic hydroxyl groups is 1. The zero-order valence-corrected chi connectivity index (χ0v) is 10.2. The van der Waals surface area contributed by atoms with Crippen LogP contribution in [-0.4, -0.2) is 41.3 Å². The second kappa shape index (κ2) is 5.83. The maximum absolute atomic E-state index is 9.94. The van der Waals surface area contributed by atoms with E-state index in [1.54, 1.807) is 0 Å². The van der Waals surface area contributed by atoms with E-state index in [4.69, 9.17) is 5.73 Å². The Morgan fingerprint density at radius 2 is 1.80 bits per heavy atom. The molecule has 2 unspecified atom stereocenters. The lowest BCUT2D eigenvalue weighted by Gasteiger charge is -2.33. The molecule has 1 heterocycles. The molecule has 2 atom stereocenters. The van der Waals surface area contributed by atoms with Gasteiger partial charge in [0.2, 0.25) is 0 Å². The van der Waals surface area contributed by atoms with Gasteiger partial charge in [-0.1, -0.05) is 12.8 Å². The maximum Gasteiger partial charge on any atom is 0.0756 e. The molecule has 0 bridgehead atoms. The van der Waals surface area contributed by atoms with Gasteiger partial charge in [0.05, 0.1) is 5.60 Å². The molecule has 0 radical (unpaired) electrons. The van der Waals surface area contributed by atoms with Crippen molar-refractivity contribution >= 4 is 0 Å². The fraction of sp³-hybridized carbons (Fsp3) is 1.00. The molecule has 3 heteroatoms. The molecule has 3 N–H and O–H groups in total. The van der Waals surface area contributed by atoms with Crippen LogP contribution in [0.1, 0.15) is 46.0 Å². The van der Waals surface area contributed by atoms with Gasteiger partial charge in [-0.05, 0) is 46.2 Å². The Balaban J connectivity index is 2.40. The highest BCUT2D eigenvalue weighted by atomic mass is 16.3. The summed E-state index contributed by atoms with van der Waals surface area (Å²) in [5.41, 5.74) is 4.84. The minimum Gasteiger partial charge on any atom is -0.389 e. The number of rotatable bonds is 4. The van der Waals surface area contributed by atoms with Crippen LogP contribution in [0, 0.1) is 0 Å². The third kappa shape index (κ3) is 4.49. The van der Waals surface area contributed by atoms with Crippen molar-refractivity contribution in [3.63, 3.8) is 0 Å². The first-order chi connectivity index (χ1) is 7.05. The van der Waals surface area contributed by atoms with E-state index in [-0.39, 0.29) is 0 Å². The minimum atomic E-state index is -0.703.